The Morgan fingerprint density at radius 3 is 2.29 bits per heavy atom. The highest BCUT2D eigenvalue weighted by Crippen LogP contribution is 2.32. The van der Waals surface area contributed by atoms with Crippen LogP contribution in [0.15, 0.2) is 16.9 Å². The van der Waals surface area contributed by atoms with Crippen LogP contribution in [0.1, 0.15) is 11.5 Å². The summed E-state index contributed by atoms with van der Waals surface area (Å²) < 4.78 is -0.0403. The fourth-order valence-corrected chi connectivity index (χ4v) is 1.77. The summed E-state index contributed by atoms with van der Waals surface area (Å²) in [6.07, 6.45) is 1.90. The van der Waals surface area contributed by atoms with E-state index < -0.39 is 34.0 Å². The molecule has 0 aromatic carbocycles. The van der Waals surface area contributed by atoms with Crippen LogP contribution in [0.5, 0.6) is 0 Å². The summed E-state index contributed by atoms with van der Waals surface area (Å²) in [5, 5.41) is 28.2. The van der Waals surface area contributed by atoms with Crippen LogP contribution in [0.4, 0.5) is 5.69 Å². The van der Waals surface area contributed by atoms with Gasteiger partial charge in [-0.25, -0.2) is 0 Å². The van der Waals surface area contributed by atoms with Crippen LogP contribution < -0.4 is 0 Å². The second-order valence-corrected chi connectivity index (χ2v) is 3.78. The molecule has 1 aromatic heterocycles. The van der Waals surface area contributed by atoms with E-state index in [2.05, 4.69) is 20.9 Å². The number of nitrogens with zero attached hydrogens (tertiary/aromatic N) is 2. The minimum Gasteiger partial charge on any atom is -0.480 e. The first-order valence-corrected chi connectivity index (χ1v) is 4.89. The minimum absolute atomic E-state index is 0.0403. The van der Waals surface area contributed by atoms with Crippen molar-refractivity contribution in [1.82, 2.24) is 4.98 Å². The van der Waals surface area contributed by atoms with Crippen LogP contribution in [-0.2, 0) is 9.59 Å². The molecule has 0 aliphatic heterocycles. The molecule has 1 aromatic rings. The molecule has 0 saturated heterocycles. The van der Waals surface area contributed by atoms with Gasteiger partial charge in [-0.1, -0.05) is 0 Å². The zero-order valence-corrected chi connectivity index (χ0v) is 9.62. The first-order valence-electron chi connectivity index (χ1n) is 4.09. The van der Waals surface area contributed by atoms with Gasteiger partial charge >= 0.3 is 11.9 Å². The van der Waals surface area contributed by atoms with Crippen molar-refractivity contribution in [3.63, 3.8) is 0 Å². The van der Waals surface area contributed by atoms with Gasteiger partial charge in [0, 0.05) is 10.7 Å². The molecule has 9 heteroatoms. The smallest absolute Gasteiger partial charge is 0.322 e. The Kier molecular flexibility index (Phi) is 3.73. The number of rotatable bonds is 4. The molecule has 1 heterocycles. The van der Waals surface area contributed by atoms with Crippen molar-refractivity contribution in [2.45, 2.75) is 5.92 Å². The second kappa shape index (κ2) is 4.87. The fraction of sp³-hybridized carbons (Fsp3) is 0.125. The third kappa shape index (κ3) is 2.56. The van der Waals surface area contributed by atoms with Gasteiger partial charge in [0.1, 0.15) is 6.20 Å². The van der Waals surface area contributed by atoms with Crippen LogP contribution in [0.2, 0.25) is 0 Å². The highest BCUT2D eigenvalue weighted by atomic mass is 79.9. The average Bonchev–Trinajstić information content (AvgIpc) is 2.19. The van der Waals surface area contributed by atoms with Gasteiger partial charge in [-0.15, -0.1) is 0 Å². The van der Waals surface area contributed by atoms with E-state index >= 15 is 0 Å². The molecule has 0 aliphatic carbocycles. The predicted octanol–water partition coefficient (Wildman–Crippen LogP) is 1.01. The summed E-state index contributed by atoms with van der Waals surface area (Å²) in [5.74, 6) is -5.40. The van der Waals surface area contributed by atoms with Crippen molar-refractivity contribution in [3.05, 3.63) is 32.5 Å². The molecule has 0 fully saturated rings. The summed E-state index contributed by atoms with van der Waals surface area (Å²) >= 11 is 2.86. The Morgan fingerprint density at radius 1 is 1.35 bits per heavy atom. The molecule has 17 heavy (non-hydrogen) atoms. The minimum atomic E-state index is -2.02. The molecule has 0 amide bonds. The molecule has 2 N–H and O–H groups in total. The Labute approximate surface area is 102 Å². The van der Waals surface area contributed by atoms with Crippen molar-refractivity contribution in [1.29, 1.82) is 0 Å². The van der Waals surface area contributed by atoms with Crippen molar-refractivity contribution in [2.24, 2.45) is 0 Å². The van der Waals surface area contributed by atoms with E-state index in [1.165, 1.54) is 0 Å². The maximum Gasteiger partial charge on any atom is 0.322 e. The quantitative estimate of drug-likeness (QED) is 0.482. The van der Waals surface area contributed by atoms with Crippen molar-refractivity contribution in [3.8, 4) is 0 Å². The van der Waals surface area contributed by atoms with Gasteiger partial charge in [-0.2, -0.15) is 0 Å². The SMILES string of the molecule is O=C(O)C(C(=O)O)c1c(Br)cncc1[N+](=O)[O-]. The number of halogens is 1. The Morgan fingerprint density at radius 2 is 1.88 bits per heavy atom. The molecular weight excluding hydrogens is 300 g/mol. The molecule has 8 nitrogen and oxygen atoms in total. The molecule has 0 bridgehead atoms. The lowest BCUT2D eigenvalue weighted by atomic mass is 9.99. The summed E-state index contributed by atoms with van der Waals surface area (Å²) in [7, 11) is 0. The molecule has 0 spiro atoms. The van der Waals surface area contributed by atoms with Crippen LogP contribution >= 0.6 is 15.9 Å². The number of nitro groups is 1. The number of pyridine rings is 1. The lowest BCUT2D eigenvalue weighted by Gasteiger charge is -2.09. The lowest BCUT2D eigenvalue weighted by Crippen LogP contribution is -2.22. The second-order valence-electron chi connectivity index (χ2n) is 2.92. The average molecular weight is 305 g/mol. The van der Waals surface area contributed by atoms with Gasteiger partial charge in [-0.05, 0) is 15.9 Å². The van der Waals surface area contributed by atoms with Crippen LogP contribution in [0, 0.1) is 10.1 Å². The van der Waals surface area contributed by atoms with E-state index in [9.17, 15) is 19.7 Å². The summed E-state index contributed by atoms with van der Waals surface area (Å²) in [5.41, 5.74) is -1.10. The number of aliphatic carboxylic acids is 2. The monoisotopic (exact) mass is 304 g/mol. The fourth-order valence-electron chi connectivity index (χ4n) is 1.22. The zero-order valence-electron chi connectivity index (χ0n) is 8.03. The van der Waals surface area contributed by atoms with E-state index in [0.29, 0.717) is 0 Å². The highest BCUT2D eigenvalue weighted by molar-refractivity contribution is 9.10. The molecule has 90 valence electrons. The van der Waals surface area contributed by atoms with Crippen LogP contribution in [-0.4, -0.2) is 32.1 Å². The van der Waals surface area contributed by atoms with Gasteiger partial charge in [0.2, 0.25) is 0 Å². The first kappa shape index (κ1) is 13.0. The number of carbonyl (C=O) groups is 2. The molecule has 1 rings (SSSR count). The largest absolute Gasteiger partial charge is 0.480 e. The Hall–Kier alpha value is -2.03. The molecular formula is C8H5BrN2O6. The van der Waals surface area contributed by atoms with Crippen LogP contribution in [0.3, 0.4) is 0 Å². The topological polar surface area (TPSA) is 131 Å². The lowest BCUT2D eigenvalue weighted by molar-refractivity contribution is -0.386. The molecule has 0 aliphatic rings. The Bertz CT molecular complexity index is 489. The number of hydrogen-bond donors (Lipinski definition) is 2. The number of hydrogen-bond acceptors (Lipinski definition) is 5. The molecule has 0 radical (unpaired) electrons. The van der Waals surface area contributed by atoms with E-state index in [1.807, 2.05) is 0 Å². The third-order valence-electron chi connectivity index (χ3n) is 1.90. The summed E-state index contributed by atoms with van der Waals surface area (Å²) in [6.45, 7) is 0. The third-order valence-corrected chi connectivity index (χ3v) is 2.53. The zero-order chi connectivity index (χ0) is 13.2. The molecule has 0 unspecified atom stereocenters. The Balaban J connectivity index is 3.51. The number of carboxylic acids is 2. The normalized spacial score (nSPS) is 10.2. The predicted molar refractivity (Wildman–Crippen MR) is 56.6 cm³/mol. The van der Waals surface area contributed by atoms with Crippen LogP contribution in [0.25, 0.3) is 0 Å². The van der Waals surface area contributed by atoms with Gasteiger partial charge in [0.05, 0.1) is 10.5 Å². The number of carboxylic acid groups (broad SMARTS) is 2. The maximum absolute atomic E-state index is 10.8. The molecule has 0 atom stereocenters. The first-order chi connectivity index (χ1) is 7.86. The number of aromatic nitrogens is 1. The van der Waals surface area contributed by atoms with E-state index in [4.69, 9.17) is 10.2 Å². The van der Waals surface area contributed by atoms with Crippen molar-refractivity contribution >= 4 is 33.6 Å². The maximum atomic E-state index is 10.8. The van der Waals surface area contributed by atoms with Gasteiger partial charge in [-0.3, -0.25) is 24.7 Å². The van der Waals surface area contributed by atoms with Gasteiger partial charge in [0.15, 0.2) is 5.92 Å². The van der Waals surface area contributed by atoms with Crippen molar-refractivity contribution < 1.29 is 24.7 Å². The van der Waals surface area contributed by atoms with E-state index in [1.54, 1.807) is 0 Å². The van der Waals surface area contributed by atoms with E-state index in [-0.39, 0.29) is 4.47 Å². The summed E-state index contributed by atoms with van der Waals surface area (Å²) in [4.78, 5) is 34.9. The van der Waals surface area contributed by atoms with Crippen molar-refractivity contribution in [2.75, 3.05) is 0 Å². The molecule has 0 saturated carbocycles. The summed E-state index contributed by atoms with van der Waals surface area (Å²) in [6, 6.07) is 0. The van der Waals surface area contributed by atoms with Gasteiger partial charge < -0.3 is 10.2 Å². The highest BCUT2D eigenvalue weighted by Gasteiger charge is 2.36. The van der Waals surface area contributed by atoms with E-state index in [0.717, 1.165) is 12.4 Å². The standard InChI is InChI=1S/C8H5BrN2O6/c9-3-1-10-2-4(11(16)17)5(3)6(7(12)13)8(14)15/h1-2,6H,(H,12,13)(H,14,15). The van der Waals surface area contributed by atoms with Gasteiger partial charge in [0.25, 0.3) is 5.69 Å².